The van der Waals surface area contributed by atoms with E-state index in [4.69, 9.17) is 4.74 Å². The molecule has 178 valence electrons. The third-order valence-electron chi connectivity index (χ3n) is 5.94. The van der Waals surface area contributed by atoms with Gasteiger partial charge >= 0.3 is 0 Å². The van der Waals surface area contributed by atoms with Crippen LogP contribution in [0.1, 0.15) is 10.4 Å². The number of rotatable bonds is 6. The molecule has 4 rings (SSSR count). The highest BCUT2D eigenvalue weighted by molar-refractivity contribution is 7.92. The average Bonchev–Trinajstić information content (AvgIpc) is 2.88. The minimum Gasteiger partial charge on any atom is -0.495 e. The van der Waals surface area contributed by atoms with Crippen LogP contribution in [0, 0.1) is 5.82 Å². The van der Waals surface area contributed by atoms with Gasteiger partial charge < -0.3 is 14.5 Å². The summed E-state index contributed by atoms with van der Waals surface area (Å²) in [6.45, 7) is 1.93. The Balaban J connectivity index is 1.45. The first-order valence-corrected chi connectivity index (χ1v) is 12.3. The quantitative estimate of drug-likeness (QED) is 0.536. The number of anilines is 2. The van der Waals surface area contributed by atoms with Gasteiger partial charge in [0.15, 0.2) is 0 Å². The molecular formula is C25H26FN3O4S. The third kappa shape index (κ3) is 4.56. The monoisotopic (exact) mass is 483 g/mol. The second-order valence-corrected chi connectivity index (χ2v) is 9.87. The molecule has 1 aliphatic rings. The van der Waals surface area contributed by atoms with E-state index in [2.05, 4.69) is 0 Å². The molecule has 1 amide bonds. The molecule has 0 saturated carbocycles. The molecule has 0 aliphatic carbocycles. The van der Waals surface area contributed by atoms with E-state index in [1.165, 1.54) is 44.5 Å². The van der Waals surface area contributed by atoms with Crippen LogP contribution in [-0.2, 0) is 10.0 Å². The Morgan fingerprint density at radius 2 is 1.53 bits per heavy atom. The van der Waals surface area contributed by atoms with Crippen molar-refractivity contribution in [3.05, 3.63) is 84.2 Å². The topological polar surface area (TPSA) is 70.2 Å². The summed E-state index contributed by atoms with van der Waals surface area (Å²) in [5.41, 5.74) is 1.35. The van der Waals surface area contributed by atoms with Crippen LogP contribution >= 0.6 is 0 Å². The average molecular weight is 484 g/mol. The molecule has 1 heterocycles. The second-order valence-electron chi connectivity index (χ2n) is 7.90. The zero-order valence-electron chi connectivity index (χ0n) is 19.0. The molecule has 34 heavy (non-hydrogen) atoms. The van der Waals surface area contributed by atoms with E-state index in [0.717, 1.165) is 4.31 Å². The number of halogens is 1. The van der Waals surface area contributed by atoms with Crippen LogP contribution in [0.2, 0.25) is 0 Å². The molecule has 0 bridgehead atoms. The fourth-order valence-corrected chi connectivity index (χ4v) is 5.19. The SMILES string of the molecule is COc1ccccc1N(C)S(=O)(=O)c1ccc(C(=O)N2CCN(c3ccccc3F)CC2)cc1. The Bertz CT molecular complexity index is 1270. The first kappa shape index (κ1) is 23.6. The standard InChI is InChI=1S/C25H26FN3O4S/c1-27(23-9-5-6-10-24(23)33-2)34(31,32)20-13-11-19(12-14-20)25(30)29-17-15-28(16-18-29)22-8-4-3-7-21(22)26/h3-14H,15-18H2,1-2H3. The Labute approximate surface area is 199 Å². The number of hydrogen-bond donors (Lipinski definition) is 0. The lowest BCUT2D eigenvalue weighted by Gasteiger charge is -2.36. The summed E-state index contributed by atoms with van der Waals surface area (Å²) in [7, 11) is -0.906. The van der Waals surface area contributed by atoms with Crippen molar-refractivity contribution in [2.24, 2.45) is 0 Å². The number of para-hydroxylation sites is 3. The molecule has 1 aliphatic heterocycles. The molecule has 0 aromatic heterocycles. The number of amides is 1. The van der Waals surface area contributed by atoms with Gasteiger partial charge in [0, 0.05) is 38.8 Å². The Hall–Kier alpha value is -3.59. The van der Waals surface area contributed by atoms with Gasteiger partial charge in [0.1, 0.15) is 11.6 Å². The molecule has 1 fully saturated rings. The van der Waals surface area contributed by atoms with Crippen molar-refractivity contribution >= 4 is 27.3 Å². The van der Waals surface area contributed by atoms with Gasteiger partial charge in [0.05, 0.1) is 23.4 Å². The van der Waals surface area contributed by atoms with Gasteiger partial charge in [-0.25, -0.2) is 12.8 Å². The number of piperazine rings is 1. The summed E-state index contributed by atoms with van der Waals surface area (Å²) in [6.07, 6.45) is 0. The highest BCUT2D eigenvalue weighted by atomic mass is 32.2. The minimum atomic E-state index is -3.85. The van der Waals surface area contributed by atoms with E-state index in [1.54, 1.807) is 47.4 Å². The lowest BCUT2D eigenvalue weighted by atomic mass is 10.1. The number of nitrogens with zero attached hydrogens (tertiary/aromatic N) is 3. The summed E-state index contributed by atoms with van der Waals surface area (Å²) >= 11 is 0. The number of carbonyl (C=O) groups excluding carboxylic acids is 1. The summed E-state index contributed by atoms with van der Waals surface area (Å²) in [5.74, 6) is -0.0257. The van der Waals surface area contributed by atoms with Crippen LogP contribution in [0.4, 0.5) is 15.8 Å². The summed E-state index contributed by atoms with van der Waals surface area (Å²) in [6, 6.07) is 19.4. The molecule has 9 heteroatoms. The number of sulfonamides is 1. The number of benzene rings is 3. The summed E-state index contributed by atoms with van der Waals surface area (Å²) in [4.78, 5) is 16.7. The fraction of sp³-hybridized carbons (Fsp3) is 0.240. The van der Waals surface area contributed by atoms with Gasteiger partial charge in [-0.05, 0) is 48.5 Å². The van der Waals surface area contributed by atoms with Crippen molar-refractivity contribution < 1.29 is 22.3 Å². The maximum Gasteiger partial charge on any atom is 0.264 e. The van der Waals surface area contributed by atoms with Crippen LogP contribution in [0.15, 0.2) is 77.7 Å². The van der Waals surface area contributed by atoms with Crippen molar-refractivity contribution in [2.75, 3.05) is 49.5 Å². The van der Waals surface area contributed by atoms with E-state index in [-0.39, 0.29) is 16.6 Å². The zero-order chi connectivity index (χ0) is 24.3. The summed E-state index contributed by atoms with van der Waals surface area (Å²) < 4.78 is 46.7. The predicted molar refractivity (Wildman–Crippen MR) is 130 cm³/mol. The predicted octanol–water partition coefficient (Wildman–Crippen LogP) is 3.62. The van der Waals surface area contributed by atoms with E-state index in [0.29, 0.717) is 48.9 Å². The number of carbonyl (C=O) groups is 1. The van der Waals surface area contributed by atoms with Gasteiger partial charge in [-0.15, -0.1) is 0 Å². The van der Waals surface area contributed by atoms with Gasteiger partial charge in [0.2, 0.25) is 0 Å². The Morgan fingerprint density at radius 1 is 0.912 bits per heavy atom. The second kappa shape index (κ2) is 9.72. The van der Waals surface area contributed by atoms with Crippen molar-refractivity contribution in [1.29, 1.82) is 0 Å². The maximum absolute atomic E-state index is 14.1. The van der Waals surface area contributed by atoms with Gasteiger partial charge in [-0.3, -0.25) is 9.10 Å². The van der Waals surface area contributed by atoms with Gasteiger partial charge in [0.25, 0.3) is 15.9 Å². The van der Waals surface area contributed by atoms with Crippen LogP contribution < -0.4 is 13.9 Å². The van der Waals surface area contributed by atoms with E-state index >= 15 is 0 Å². The number of methoxy groups -OCH3 is 1. The normalized spacial score (nSPS) is 14.1. The largest absolute Gasteiger partial charge is 0.495 e. The summed E-state index contributed by atoms with van der Waals surface area (Å²) in [5, 5.41) is 0. The van der Waals surface area contributed by atoms with E-state index < -0.39 is 10.0 Å². The van der Waals surface area contributed by atoms with Gasteiger partial charge in [-0.1, -0.05) is 24.3 Å². The Morgan fingerprint density at radius 3 is 2.18 bits per heavy atom. The lowest BCUT2D eigenvalue weighted by Crippen LogP contribution is -2.49. The Kier molecular flexibility index (Phi) is 6.74. The van der Waals surface area contributed by atoms with Crippen molar-refractivity contribution in [1.82, 2.24) is 4.90 Å². The van der Waals surface area contributed by atoms with Crippen molar-refractivity contribution in [3.63, 3.8) is 0 Å². The molecule has 3 aromatic carbocycles. The maximum atomic E-state index is 14.1. The van der Waals surface area contributed by atoms with Crippen molar-refractivity contribution in [3.8, 4) is 5.75 Å². The smallest absolute Gasteiger partial charge is 0.264 e. The van der Waals surface area contributed by atoms with Crippen LogP contribution in [0.25, 0.3) is 0 Å². The first-order chi connectivity index (χ1) is 16.3. The molecule has 0 radical (unpaired) electrons. The molecule has 0 unspecified atom stereocenters. The molecule has 0 spiro atoms. The third-order valence-corrected chi connectivity index (χ3v) is 7.73. The highest BCUT2D eigenvalue weighted by Gasteiger charge is 2.26. The van der Waals surface area contributed by atoms with E-state index in [9.17, 15) is 17.6 Å². The minimum absolute atomic E-state index is 0.0711. The number of hydrogen-bond acceptors (Lipinski definition) is 5. The van der Waals surface area contributed by atoms with E-state index in [1.807, 2.05) is 4.90 Å². The lowest BCUT2D eigenvalue weighted by molar-refractivity contribution is 0.0746. The van der Waals surface area contributed by atoms with Gasteiger partial charge in [-0.2, -0.15) is 0 Å². The van der Waals surface area contributed by atoms with Crippen LogP contribution in [-0.4, -0.2) is 59.6 Å². The molecule has 1 saturated heterocycles. The fourth-order valence-electron chi connectivity index (χ4n) is 3.99. The molecular weight excluding hydrogens is 457 g/mol. The molecule has 0 N–H and O–H groups in total. The molecule has 0 atom stereocenters. The highest BCUT2D eigenvalue weighted by Crippen LogP contribution is 2.31. The van der Waals surface area contributed by atoms with Crippen LogP contribution in [0.5, 0.6) is 5.75 Å². The first-order valence-electron chi connectivity index (χ1n) is 10.8. The number of ether oxygens (including phenoxy) is 1. The van der Waals surface area contributed by atoms with Crippen LogP contribution in [0.3, 0.4) is 0 Å². The molecule has 3 aromatic rings. The van der Waals surface area contributed by atoms with Crippen molar-refractivity contribution in [2.45, 2.75) is 4.90 Å². The molecule has 7 nitrogen and oxygen atoms in total. The zero-order valence-corrected chi connectivity index (χ0v) is 19.8.